The zero-order valence-electron chi connectivity index (χ0n) is 9.00. The topological polar surface area (TPSA) is 29.1 Å². The molecule has 1 aromatic rings. The van der Waals surface area contributed by atoms with E-state index >= 15 is 0 Å². The Morgan fingerprint density at radius 2 is 2.27 bits per heavy atom. The highest BCUT2D eigenvalue weighted by molar-refractivity contribution is 9.10. The fourth-order valence-corrected chi connectivity index (χ4v) is 2.14. The summed E-state index contributed by atoms with van der Waals surface area (Å²) < 4.78 is 12.0. The van der Waals surface area contributed by atoms with Gasteiger partial charge in [-0.15, -0.1) is 0 Å². The predicted molar refractivity (Wildman–Crippen MR) is 69.5 cm³/mol. The van der Waals surface area contributed by atoms with E-state index in [4.69, 9.17) is 0 Å². The van der Waals surface area contributed by atoms with Crippen LogP contribution in [-0.2, 0) is 10.8 Å². The highest BCUT2D eigenvalue weighted by atomic mass is 79.9. The second kappa shape index (κ2) is 6.40. The summed E-state index contributed by atoms with van der Waals surface area (Å²) in [4.78, 5) is 0. The van der Waals surface area contributed by atoms with Crippen LogP contribution in [0.3, 0.4) is 0 Å². The summed E-state index contributed by atoms with van der Waals surface area (Å²) >= 11 is 3.45. The first kappa shape index (κ1) is 12.9. The van der Waals surface area contributed by atoms with Crippen molar-refractivity contribution in [3.05, 3.63) is 34.3 Å². The van der Waals surface area contributed by atoms with Crippen molar-refractivity contribution in [2.45, 2.75) is 13.0 Å². The molecular weight excluding hydrogens is 274 g/mol. The van der Waals surface area contributed by atoms with Crippen molar-refractivity contribution in [1.82, 2.24) is 5.32 Å². The molecule has 0 bridgehead atoms. The minimum Gasteiger partial charge on any atom is -0.309 e. The van der Waals surface area contributed by atoms with Gasteiger partial charge in [0.2, 0.25) is 0 Å². The highest BCUT2D eigenvalue weighted by Gasteiger charge is 2.04. The minimum absolute atomic E-state index is 0.297. The van der Waals surface area contributed by atoms with Gasteiger partial charge in [-0.2, -0.15) is 0 Å². The quantitative estimate of drug-likeness (QED) is 0.902. The smallest absolute Gasteiger partial charge is 0.0357 e. The van der Waals surface area contributed by atoms with Crippen LogP contribution in [0.25, 0.3) is 0 Å². The molecule has 0 radical (unpaired) electrons. The monoisotopic (exact) mass is 289 g/mol. The van der Waals surface area contributed by atoms with Crippen molar-refractivity contribution in [2.75, 3.05) is 18.6 Å². The number of benzene rings is 1. The molecule has 4 heteroatoms. The van der Waals surface area contributed by atoms with Crippen LogP contribution < -0.4 is 5.32 Å². The molecule has 0 aromatic heterocycles. The van der Waals surface area contributed by atoms with Crippen LogP contribution >= 0.6 is 15.9 Å². The average molecular weight is 290 g/mol. The van der Waals surface area contributed by atoms with E-state index in [-0.39, 0.29) is 0 Å². The molecule has 0 saturated heterocycles. The van der Waals surface area contributed by atoms with E-state index in [1.54, 1.807) is 6.26 Å². The first-order valence-corrected chi connectivity index (χ1v) is 7.40. The number of halogens is 1. The molecule has 15 heavy (non-hydrogen) atoms. The molecule has 1 N–H and O–H groups in total. The summed E-state index contributed by atoms with van der Waals surface area (Å²) in [5.41, 5.74) is 1.24. The van der Waals surface area contributed by atoms with E-state index in [2.05, 4.69) is 40.3 Å². The molecule has 0 heterocycles. The first-order valence-electron chi connectivity index (χ1n) is 4.88. The van der Waals surface area contributed by atoms with Gasteiger partial charge in [-0.3, -0.25) is 4.21 Å². The van der Waals surface area contributed by atoms with Crippen molar-refractivity contribution in [3.8, 4) is 0 Å². The van der Waals surface area contributed by atoms with Gasteiger partial charge in [0.05, 0.1) is 0 Å². The SMILES string of the molecule is CC(NCCS(C)=O)c1cccc(Br)c1. The summed E-state index contributed by atoms with van der Waals surface area (Å²) in [5, 5.41) is 3.34. The van der Waals surface area contributed by atoms with Crippen molar-refractivity contribution in [2.24, 2.45) is 0 Å². The van der Waals surface area contributed by atoms with Gasteiger partial charge in [0, 0.05) is 39.9 Å². The van der Waals surface area contributed by atoms with Crippen molar-refractivity contribution in [1.29, 1.82) is 0 Å². The molecular formula is C11H16BrNOS. The van der Waals surface area contributed by atoms with E-state index in [9.17, 15) is 4.21 Å². The Hall–Kier alpha value is -0.190. The van der Waals surface area contributed by atoms with Crippen LogP contribution in [0.2, 0.25) is 0 Å². The summed E-state index contributed by atoms with van der Waals surface area (Å²) in [6, 6.07) is 8.52. The number of rotatable bonds is 5. The van der Waals surface area contributed by atoms with Gasteiger partial charge in [0.15, 0.2) is 0 Å². The summed E-state index contributed by atoms with van der Waals surface area (Å²) in [7, 11) is -0.715. The lowest BCUT2D eigenvalue weighted by molar-refractivity contribution is 0.597. The Bertz CT molecular complexity index is 343. The second-order valence-corrected chi connectivity index (χ2v) is 5.98. The molecule has 0 spiro atoms. The second-order valence-electron chi connectivity index (χ2n) is 3.51. The Morgan fingerprint density at radius 1 is 1.53 bits per heavy atom. The summed E-state index contributed by atoms with van der Waals surface area (Å²) in [5.74, 6) is 0.707. The Balaban J connectivity index is 2.46. The third kappa shape index (κ3) is 4.91. The molecule has 0 amide bonds. The maximum absolute atomic E-state index is 10.9. The van der Waals surface area contributed by atoms with E-state index in [0.29, 0.717) is 11.8 Å². The molecule has 0 saturated carbocycles. The van der Waals surface area contributed by atoms with Gasteiger partial charge in [-0.25, -0.2) is 0 Å². The lowest BCUT2D eigenvalue weighted by Gasteiger charge is -2.13. The number of nitrogens with one attached hydrogen (secondary N) is 1. The Morgan fingerprint density at radius 3 is 2.87 bits per heavy atom. The maximum atomic E-state index is 10.9. The highest BCUT2D eigenvalue weighted by Crippen LogP contribution is 2.17. The third-order valence-corrected chi connectivity index (χ3v) is 3.46. The Labute approximate surface area is 102 Å². The first-order chi connectivity index (χ1) is 7.09. The fourth-order valence-electron chi connectivity index (χ4n) is 1.31. The molecule has 0 aliphatic rings. The predicted octanol–water partition coefficient (Wildman–Crippen LogP) is 2.48. The van der Waals surface area contributed by atoms with Crippen LogP contribution in [0.15, 0.2) is 28.7 Å². The molecule has 2 unspecified atom stereocenters. The normalized spacial score (nSPS) is 14.9. The molecule has 0 aliphatic heterocycles. The lowest BCUT2D eigenvalue weighted by Crippen LogP contribution is -2.23. The van der Waals surface area contributed by atoms with Gasteiger partial charge >= 0.3 is 0 Å². The Kier molecular flexibility index (Phi) is 5.50. The van der Waals surface area contributed by atoms with E-state index < -0.39 is 10.8 Å². The third-order valence-electron chi connectivity index (χ3n) is 2.19. The zero-order chi connectivity index (χ0) is 11.3. The standard InChI is InChI=1S/C11H16BrNOS/c1-9(13-6-7-15(2)14)10-4-3-5-11(12)8-10/h3-5,8-9,13H,6-7H2,1-2H3. The molecule has 1 aromatic carbocycles. The van der Waals surface area contributed by atoms with Gasteiger partial charge in [0.25, 0.3) is 0 Å². The molecule has 2 atom stereocenters. The fraction of sp³-hybridized carbons (Fsp3) is 0.455. The molecule has 84 valence electrons. The maximum Gasteiger partial charge on any atom is 0.0357 e. The van der Waals surface area contributed by atoms with E-state index in [1.165, 1.54) is 5.56 Å². The molecule has 0 aliphatic carbocycles. The van der Waals surface area contributed by atoms with Crippen LogP contribution in [0, 0.1) is 0 Å². The van der Waals surface area contributed by atoms with E-state index in [1.807, 2.05) is 12.1 Å². The van der Waals surface area contributed by atoms with Crippen molar-refractivity contribution in [3.63, 3.8) is 0 Å². The molecule has 1 rings (SSSR count). The summed E-state index contributed by atoms with van der Waals surface area (Å²) in [6.45, 7) is 2.90. The van der Waals surface area contributed by atoms with Gasteiger partial charge in [-0.1, -0.05) is 28.1 Å². The average Bonchev–Trinajstić information content (AvgIpc) is 2.17. The number of hydrogen-bond donors (Lipinski definition) is 1. The van der Waals surface area contributed by atoms with Crippen molar-refractivity contribution >= 4 is 26.7 Å². The van der Waals surface area contributed by atoms with Crippen LogP contribution in [0.5, 0.6) is 0 Å². The van der Waals surface area contributed by atoms with Crippen LogP contribution in [0.4, 0.5) is 0 Å². The summed E-state index contributed by atoms with van der Waals surface area (Å²) in [6.07, 6.45) is 1.73. The van der Waals surface area contributed by atoms with Gasteiger partial charge in [-0.05, 0) is 24.6 Å². The van der Waals surface area contributed by atoms with Crippen LogP contribution in [-0.4, -0.2) is 22.8 Å². The molecule has 0 fully saturated rings. The van der Waals surface area contributed by atoms with E-state index in [0.717, 1.165) is 11.0 Å². The van der Waals surface area contributed by atoms with Gasteiger partial charge < -0.3 is 5.32 Å². The minimum atomic E-state index is -0.715. The van der Waals surface area contributed by atoms with Crippen molar-refractivity contribution < 1.29 is 4.21 Å². The van der Waals surface area contributed by atoms with Crippen LogP contribution in [0.1, 0.15) is 18.5 Å². The molecule has 2 nitrogen and oxygen atoms in total. The largest absolute Gasteiger partial charge is 0.309 e. The zero-order valence-corrected chi connectivity index (χ0v) is 11.4. The number of hydrogen-bond acceptors (Lipinski definition) is 2. The van der Waals surface area contributed by atoms with Gasteiger partial charge in [0.1, 0.15) is 0 Å². The lowest BCUT2D eigenvalue weighted by atomic mass is 10.1.